The van der Waals surface area contributed by atoms with Crippen molar-refractivity contribution >= 4 is 0 Å². The molecule has 0 aliphatic heterocycles. The molecule has 0 saturated heterocycles. The van der Waals surface area contributed by atoms with Gasteiger partial charge in [-0.1, -0.05) is 0 Å². The molecule has 0 unspecified atom stereocenters. The van der Waals surface area contributed by atoms with Crippen LogP contribution in [0.1, 0.15) is 5.69 Å². The first kappa shape index (κ1) is 10.9. The van der Waals surface area contributed by atoms with E-state index < -0.39 is 0 Å². The van der Waals surface area contributed by atoms with Gasteiger partial charge in [-0.3, -0.25) is 9.82 Å². The maximum absolute atomic E-state index is 8.97. The Balaban J connectivity index is 2.15. The molecule has 14 heavy (non-hydrogen) atoms. The third kappa shape index (κ3) is 4.18. The topological polar surface area (TPSA) is 63.6 Å². The van der Waals surface area contributed by atoms with Gasteiger partial charge in [0.05, 0.1) is 31.6 Å². The summed E-state index contributed by atoms with van der Waals surface area (Å²) in [4.78, 5) is 9.00. The molecule has 0 saturated carbocycles. The molecule has 0 aliphatic rings. The fourth-order valence-corrected chi connectivity index (χ4v) is 0.843. The number of aromatic hydroxyl groups is 1. The van der Waals surface area contributed by atoms with Crippen molar-refractivity contribution in [2.45, 2.75) is 6.54 Å². The maximum Gasteiger partial charge on any atom is 0.133 e. The van der Waals surface area contributed by atoms with Crippen molar-refractivity contribution in [2.75, 3.05) is 20.3 Å². The lowest BCUT2D eigenvalue weighted by atomic mass is 10.3. The van der Waals surface area contributed by atoms with Crippen LogP contribution in [0.15, 0.2) is 18.3 Å². The van der Waals surface area contributed by atoms with Crippen molar-refractivity contribution in [3.05, 3.63) is 24.0 Å². The molecule has 0 atom stereocenters. The van der Waals surface area contributed by atoms with Gasteiger partial charge in [-0.15, -0.1) is 0 Å². The molecular formula is C9H14N2O3. The van der Waals surface area contributed by atoms with Crippen molar-refractivity contribution in [3.63, 3.8) is 0 Å². The Kier molecular flexibility index (Phi) is 4.92. The highest BCUT2D eigenvalue weighted by Gasteiger charge is 1.94. The van der Waals surface area contributed by atoms with Gasteiger partial charge in [-0.25, -0.2) is 0 Å². The Bertz CT molecular complexity index is 251. The fraction of sp³-hybridized carbons (Fsp3) is 0.444. The Morgan fingerprint density at radius 3 is 2.93 bits per heavy atom. The molecule has 5 nitrogen and oxygen atoms in total. The van der Waals surface area contributed by atoms with Gasteiger partial charge >= 0.3 is 0 Å². The SMILES string of the molecule is COCCONCc1ccc(O)cn1. The van der Waals surface area contributed by atoms with E-state index in [1.54, 1.807) is 19.2 Å². The number of nitrogens with zero attached hydrogens (tertiary/aromatic N) is 1. The van der Waals surface area contributed by atoms with Gasteiger partial charge in [0, 0.05) is 7.11 Å². The molecule has 0 aromatic carbocycles. The maximum atomic E-state index is 8.97. The van der Waals surface area contributed by atoms with Gasteiger partial charge in [-0.05, 0) is 12.1 Å². The van der Waals surface area contributed by atoms with Gasteiger partial charge in [0.1, 0.15) is 5.75 Å². The van der Waals surface area contributed by atoms with E-state index >= 15 is 0 Å². The van der Waals surface area contributed by atoms with E-state index in [-0.39, 0.29) is 5.75 Å². The molecule has 78 valence electrons. The standard InChI is InChI=1S/C9H14N2O3/c1-13-4-5-14-11-6-8-2-3-9(12)7-10-8/h2-3,7,11-12H,4-6H2,1H3. The Morgan fingerprint density at radius 2 is 2.29 bits per heavy atom. The van der Waals surface area contributed by atoms with Crippen molar-refractivity contribution in [2.24, 2.45) is 0 Å². The Morgan fingerprint density at radius 1 is 1.43 bits per heavy atom. The van der Waals surface area contributed by atoms with Crippen LogP contribution in [0.25, 0.3) is 0 Å². The average molecular weight is 198 g/mol. The van der Waals surface area contributed by atoms with E-state index in [0.29, 0.717) is 19.8 Å². The third-order valence-electron chi connectivity index (χ3n) is 1.55. The van der Waals surface area contributed by atoms with Crippen LogP contribution in [0.2, 0.25) is 0 Å². The molecular weight excluding hydrogens is 184 g/mol. The molecule has 1 heterocycles. The molecule has 2 N–H and O–H groups in total. The number of pyridine rings is 1. The van der Waals surface area contributed by atoms with Crippen molar-refractivity contribution in [3.8, 4) is 5.75 Å². The summed E-state index contributed by atoms with van der Waals surface area (Å²) in [5.74, 6) is 0.161. The summed E-state index contributed by atoms with van der Waals surface area (Å²) in [6.45, 7) is 1.55. The van der Waals surface area contributed by atoms with Crippen LogP contribution in [0.5, 0.6) is 5.75 Å². The lowest BCUT2D eigenvalue weighted by Crippen LogP contribution is -2.17. The van der Waals surface area contributed by atoms with E-state index in [4.69, 9.17) is 14.7 Å². The minimum atomic E-state index is 0.161. The Hall–Kier alpha value is -1.17. The average Bonchev–Trinajstić information content (AvgIpc) is 2.21. The Labute approximate surface area is 82.6 Å². The van der Waals surface area contributed by atoms with Crippen LogP contribution in [0.3, 0.4) is 0 Å². The molecule has 1 aromatic rings. The molecule has 5 heteroatoms. The first-order valence-corrected chi connectivity index (χ1v) is 4.30. The van der Waals surface area contributed by atoms with Crippen LogP contribution < -0.4 is 5.48 Å². The normalized spacial score (nSPS) is 10.4. The number of hydroxylamine groups is 1. The minimum absolute atomic E-state index is 0.161. The van der Waals surface area contributed by atoms with E-state index in [9.17, 15) is 0 Å². The molecule has 0 radical (unpaired) electrons. The van der Waals surface area contributed by atoms with Gasteiger partial charge in [0.25, 0.3) is 0 Å². The van der Waals surface area contributed by atoms with Crippen LogP contribution in [-0.4, -0.2) is 30.4 Å². The van der Waals surface area contributed by atoms with E-state index in [1.165, 1.54) is 6.20 Å². The molecule has 0 amide bonds. The highest BCUT2D eigenvalue weighted by molar-refractivity contribution is 5.17. The predicted molar refractivity (Wildman–Crippen MR) is 50.6 cm³/mol. The second-order valence-corrected chi connectivity index (χ2v) is 2.67. The first-order valence-electron chi connectivity index (χ1n) is 4.30. The zero-order valence-electron chi connectivity index (χ0n) is 8.06. The number of methoxy groups -OCH3 is 1. The van der Waals surface area contributed by atoms with E-state index in [1.807, 2.05) is 0 Å². The second-order valence-electron chi connectivity index (χ2n) is 2.67. The predicted octanol–water partition coefficient (Wildman–Crippen LogP) is 0.455. The number of rotatable bonds is 6. The summed E-state index contributed by atoms with van der Waals surface area (Å²) in [5.41, 5.74) is 3.54. The number of ether oxygens (including phenoxy) is 1. The fourth-order valence-electron chi connectivity index (χ4n) is 0.843. The highest BCUT2D eigenvalue weighted by Crippen LogP contribution is 2.05. The smallest absolute Gasteiger partial charge is 0.133 e. The summed E-state index contributed by atoms with van der Waals surface area (Å²) in [6.07, 6.45) is 1.40. The second kappa shape index (κ2) is 6.31. The zero-order chi connectivity index (χ0) is 10.2. The van der Waals surface area contributed by atoms with Crippen LogP contribution >= 0.6 is 0 Å². The number of hydrogen-bond donors (Lipinski definition) is 2. The van der Waals surface area contributed by atoms with Crippen molar-refractivity contribution < 1.29 is 14.7 Å². The minimum Gasteiger partial charge on any atom is -0.506 e. The molecule has 1 aromatic heterocycles. The van der Waals surface area contributed by atoms with Gasteiger partial charge in [0.2, 0.25) is 0 Å². The zero-order valence-corrected chi connectivity index (χ0v) is 8.06. The molecule has 0 aliphatic carbocycles. The summed E-state index contributed by atoms with van der Waals surface area (Å²) in [5, 5.41) is 8.97. The lowest BCUT2D eigenvalue weighted by molar-refractivity contribution is 0.00298. The largest absolute Gasteiger partial charge is 0.506 e. The summed E-state index contributed by atoms with van der Waals surface area (Å²) in [7, 11) is 1.62. The van der Waals surface area contributed by atoms with Crippen LogP contribution in [0.4, 0.5) is 0 Å². The van der Waals surface area contributed by atoms with E-state index in [0.717, 1.165) is 5.69 Å². The highest BCUT2D eigenvalue weighted by atomic mass is 16.7. The van der Waals surface area contributed by atoms with E-state index in [2.05, 4.69) is 10.5 Å². The summed E-state index contributed by atoms with van der Waals surface area (Å²) >= 11 is 0. The molecule has 0 fully saturated rings. The monoisotopic (exact) mass is 198 g/mol. The summed E-state index contributed by atoms with van der Waals surface area (Å²) < 4.78 is 4.80. The summed E-state index contributed by atoms with van der Waals surface area (Å²) in [6, 6.07) is 3.31. The lowest BCUT2D eigenvalue weighted by Gasteiger charge is -2.04. The number of aromatic nitrogens is 1. The van der Waals surface area contributed by atoms with Gasteiger partial charge in [-0.2, -0.15) is 5.48 Å². The van der Waals surface area contributed by atoms with Gasteiger partial charge in [0.15, 0.2) is 0 Å². The molecule has 1 rings (SSSR count). The molecule has 0 bridgehead atoms. The quantitative estimate of drug-likeness (QED) is 0.513. The van der Waals surface area contributed by atoms with Crippen LogP contribution in [-0.2, 0) is 16.1 Å². The van der Waals surface area contributed by atoms with Crippen molar-refractivity contribution in [1.29, 1.82) is 0 Å². The number of nitrogens with one attached hydrogen (secondary N) is 1. The van der Waals surface area contributed by atoms with Crippen molar-refractivity contribution in [1.82, 2.24) is 10.5 Å². The third-order valence-corrected chi connectivity index (χ3v) is 1.55. The number of hydrogen-bond acceptors (Lipinski definition) is 5. The first-order chi connectivity index (χ1) is 6.83. The molecule has 0 spiro atoms. The van der Waals surface area contributed by atoms with Gasteiger partial charge < -0.3 is 9.84 Å². The van der Waals surface area contributed by atoms with Crippen LogP contribution in [0, 0.1) is 0 Å².